The monoisotopic (exact) mass is 448 g/mol. The van der Waals surface area contributed by atoms with Crippen LogP contribution < -0.4 is 14.8 Å². The minimum atomic E-state index is -0.384. The second-order valence-electron chi connectivity index (χ2n) is 7.05. The van der Waals surface area contributed by atoms with Gasteiger partial charge in [-0.15, -0.1) is 0 Å². The summed E-state index contributed by atoms with van der Waals surface area (Å²) in [6.45, 7) is 3.30. The summed E-state index contributed by atoms with van der Waals surface area (Å²) in [5, 5.41) is 5.31. The number of benzene rings is 3. The van der Waals surface area contributed by atoms with Crippen molar-refractivity contribution in [2.75, 3.05) is 19.8 Å². The quantitative estimate of drug-likeness (QED) is 0.312. The van der Waals surface area contributed by atoms with Crippen molar-refractivity contribution in [3.8, 4) is 11.5 Å². The maximum Gasteiger partial charge on any atom is 0.325 e. The summed E-state index contributed by atoms with van der Waals surface area (Å²) < 4.78 is 18.6. The van der Waals surface area contributed by atoms with Gasteiger partial charge in [0.15, 0.2) is 0 Å². The van der Waals surface area contributed by atoms with Crippen molar-refractivity contribution in [1.82, 2.24) is 9.88 Å². The highest BCUT2D eigenvalue weighted by Gasteiger charge is 2.09. The molecule has 3 aromatic carbocycles. The maximum absolute atomic E-state index is 11.4. The van der Waals surface area contributed by atoms with Gasteiger partial charge in [-0.2, -0.15) is 0 Å². The van der Waals surface area contributed by atoms with Crippen LogP contribution >= 0.6 is 12.2 Å². The topological polar surface area (TPSA) is 61.7 Å². The van der Waals surface area contributed by atoms with Gasteiger partial charge in [-0.05, 0) is 55.5 Å². The zero-order chi connectivity index (χ0) is 22.3. The molecule has 0 atom stereocenters. The summed E-state index contributed by atoms with van der Waals surface area (Å²) in [6.07, 6.45) is 0. The first-order valence-electron chi connectivity index (χ1n) is 10.5. The second-order valence-corrected chi connectivity index (χ2v) is 7.42. The van der Waals surface area contributed by atoms with Crippen molar-refractivity contribution in [1.29, 1.82) is 0 Å². The lowest BCUT2D eigenvalue weighted by Gasteiger charge is -2.11. The van der Waals surface area contributed by atoms with Gasteiger partial charge in [0, 0.05) is 21.8 Å². The first-order chi connectivity index (χ1) is 15.7. The molecule has 1 aromatic heterocycles. The average Bonchev–Trinajstić information content (AvgIpc) is 3.13. The van der Waals surface area contributed by atoms with E-state index < -0.39 is 0 Å². The third kappa shape index (κ3) is 5.00. The number of nitrogens with zero attached hydrogens (tertiary/aromatic N) is 1. The molecule has 0 spiro atoms. The number of hydrogen-bond acceptors (Lipinski definition) is 5. The predicted molar refractivity (Wildman–Crippen MR) is 129 cm³/mol. The lowest BCUT2D eigenvalue weighted by molar-refractivity contribution is -0.141. The van der Waals surface area contributed by atoms with E-state index in [1.807, 2.05) is 12.1 Å². The Kier molecular flexibility index (Phi) is 6.87. The molecule has 0 saturated carbocycles. The molecule has 164 valence electrons. The number of aromatic nitrogens is 1. The van der Waals surface area contributed by atoms with Crippen LogP contribution in [0.3, 0.4) is 0 Å². The highest BCUT2D eigenvalue weighted by Crippen LogP contribution is 2.28. The van der Waals surface area contributed by atoms with Crippen molar-refractivity contribution in [3.05, 3.63) is 72.8 Å². The van der Waals surface area contributed by atoms with Gasteiger partial charge in [0.05, 0.1) is 13.2 Å². The lowest BCUT2D eigenvalue weighted by atomic mass is 10.2. The molecule has 4 aromatic rings. The van der Waals surface area contributed by atoms with E-state index in [0.29, 0.717) is 19.0 Å². The molecule has 0 radical (unpaired) electrons. The van der Waals surface area contributed by atoms with Crippen LogP contribution in [0.2, 0.25) is 0 Å². The average molecular weight is 449 g/mol. The van der Waals surface area contributed by atoms with Crippen LogP contribution in [0.15, 0.2) is 72.8 Å². The van der Waals surface area contributed by atoms with E-state index in [4.69, 9.17) is 26.4 Å². The molecule has 4 rings (SSSR count). The fraction of sp³-hybridized carbons (Fsp3) is 0.200. The number of fused-ring (bicyclic) bond motifs is 3. The minimum absolute atomic E-state index is 0.0311. The third-order valence-electron chi connectivity index (χ3n) is 4.98. The van der Waals surface area contributed by atoms with E-state index >= 15 is 0 Å². The lowest BCUT2D eigenvalue weighted by Crippen LogP contribution is -2.32. The first kappa shape index (κ1) is 21.6. The van der Waals surface area contributed by atoms with Gasteiger partial charge in [-0.1, -0.05) is 36.4 Å². The zero-order valence-electron chi connectivity index (χ0n) is 17.7. The van der Waals surface area contributed by atoms with Crippen LogP contribution in [-0.4, -0.2) is 35.5 Å². The molecule has 0 saturated heterocycles. The van der Waals surface area contributed by atoms with Crippen LogP contribution in [0.1, 0.15) is 6.92 Å². The van der Waals surface area contributed by atoms with Gasteiger partial charge in [-0.25, -0.2) is 0 Å². The Balaban J connectivity index is 1.33. The van der Waals surface area contributed by atoms with Crippen LogP contribution in [-0.2, 0) is 16.1 Å². The Bertz CT molecular complexity index is 1180. The minimum Gasteiger partial charge on any atom is -0.492 e. The van der Waals surface area contributed by atoms with E-state index in [-0.39, 0.29) is 17.7 Å². The van der Waals surface area contributed by atoms with Gasteiger partial charge < -0.3 is 24.1 Å². The summed E-state index contributed by atoms with van der Waals surface area (Å²) in [6, 6.07) is 24.0. The summed E-state index contributed by atoms with van der Waals surface area (Å²) in [7, 11) is 0. The van der Waals surface area contributed by atoms with Crippen molar-refractivity contribution >= 4 is 45.2 Å². The number of hydrogen-bond donors (Lipinski definition) is 1. The Morgan fingerprint density at radius 1 is 0.906 bits per heavy atom. The molecule has 0 aliphatic rings. The van der Waals surface area contributed by atoms with Gasteiger partial charge in [-0.3, -0.25) is 4.79 Å². The van der Waals surface area contributed by atoms with Crippen LogP contribution in [0.4, 0.5) is 0 Å². The van der Waals surface area contributed by atoms with Gasteiger partial charge >= 0.3 is 5.97 Å². The van der Waals surface area contributed by atoms with Crippen molar-refractivity contribution < 1.29 is 19.0 Å². The van der Waals surface area contributed by atoms with E-state index in [0.717, 1.165) is 12.3 Å². The largest absolute Gasteiger partial charge is 0.492 e. The molecule has 0 unspecified atom stereocenters. The van der Waals surface area contributed by atoms with Crippen molar-refractivity contribution in [2.24, 2.45) is 0 Å². The van der Waals surface area contributed by atoms with Crippen LogP contribution in [0, 0.1) is 0 Å². The maximum atomic E-state index is 11.4. The third-order valence-corrected chi connectivity index (χ3v) is 5.21. The Hall–Kier alpha value is -3.58. The fourth-order valence-corrected chi connectivity index (χ4v) is 3.77. The SMILES string of the molecule is CCOC(=O)CNC(=S)Oc1ccc(OCCn2c3ccccc3c3ccccc32)cc1. The van der Waals surface area contributed by atoms with Gasteiger partial charge in [0.1, 0.15) is 24.7 Å². The van der Waals surface area contributed by atoms with Crippen LogP contribution in [0.25, 0.3) is 21.8 Å². The number of thiocarbonyl (C=S) groups is 1. The summed E-state index contributed by atoms with van der Waals surface area (Å²) in [5.41, 5.74) is 2.40. The number of carbonyl (C=O) groups is 1. The highest BCUT2D eigenvalue weighted by molar-refractivity contribution is 7.80. The summed E-state index contributed by atoms with van der Waals surface area (Å²) >= 11 is 5.09. The standard InChI is InChI=1S/C25H24N2O4S/c1-2-29-24(28)17-26-25(32)31-19-13-11-18(12-14-19)30-16-15-27-22-9-5-3-7-20(22)21-8-4-6-10-23(21)27/h3-14H,2,15-17H2,1H3,(H,26,32). The second kappa shape index (κ2) is 10.2. The molecule has 1 N–H and O–H groups in total. The molecular weight excluding hydrogens is 424 g/mol. The molecule has 0 aliphatic heterocycles. The molecule has 0 bridgehead atoms. The normalized spacial score (nSPS) is 10.8. The van der Waals surface area contributed by atoms with E-state index in [9.17, 15) is 4.79 Å². The Labute approximate surface area is 191 Å². The number of nitrogens with one attached hydrogen (secondary N) is 1. The first-order valence-corrected chi connectivity index (χ1v) is 10.9. The van der Waals surface area contributed by atoms with Crippen molar-refractivity contribution in [2.45, 2.75) is 13.5 Å². The van der Waals surface area contributed by atoms with Crippen LogP contribution in [0.5, 0.6) is 11.5 Å². The number of rotatable bonds is 8. The smallest absolute Gasteiger partial charge is 0.325 e. The summed E-state index contributed by atoms with van der Waals surface area (Å²) in [4.78, 5) is 11.4. The number of para-hydroxylation sites is 2. The number of esters is 1. The molecule has 7 heteroatoms. The van der Waals surface area contributed by atoms with Crippen molar-refractivity contribution in [3.63, 3.8) is 0 Å². The molecule has 1 heterocycles. The Morgan fingerprint density at radius 2 is 1.50 bits per heavy atom. The number of ether oxygens (including phenoxy) is 3. The predicted octanol–water partition coefficient (Wildman–Crippen LogP) is 4.69. The Morgan fingerprint density at radius 3 is 2.12 bits per heavy atom. The zero-order valence-corrected chi connectivity index (χ0v) is 18.6. The van der Waals surface area contributed by atoms with Gasteiger partial charge in [0.2, 0.25) is 0 Å². The fourth-order valence-electron chi connectivity index (χ4n) is 3.60. The van der Waals surface area contributed by atoms with E-state index in [2.05, 4.69) is 58.4 Å². The molecule has 32 heavy (non-hydrogen) atoms. The molecule has 6 nitrogen and oxygen atoms in total. The van der Waals surface area contributed by atoms with E-state index in [1.54, 1.807) is 19.1 Å². The molecule has 0 amide bonds. The number of carbonyl (C=O) groups excluding carboxylic acids is 1. The molecule has 0 fully saturated rings. The van der Waals surface area contributed by atoms with E-state index in [1.165, 1.54) is 21.8 Å². The summed E-state index contributed by atoms with van der Waals surface area (Å²) in [5.74, 6) is 0.912. The highest BCUT2D eigenvalue weighted by atomic mass is 32.1. The molecule has 0 aliphatic carbocycles. The van der Waals surface area contributed by atoms with Gasteiger partial charge in [0.25, 0.3) is 5.17 Å². The molecular formula is C25H24N2O4S.